The molecule has 2 N–H and O–H groups in total. The summed E-state index contributed by atoms with van der Waals surface area (Å²) in [5, 5.41) is 8.88. The topological polar surface area (TPSA) is 51.8 Å². The van der Waals surface area contributed by atoms with Gasteiger partial charge in [-0.3, -0.25) is 0 Å². The summed E-state index contributed by atoms with van der Waals surface area (Å²) in [6, 6.07) is 5.75. The Bertz CT molecular complexity index is 382. The molecule has 0 aliphatic carbocycles. The van der Waals surface area contributed by atoms with Crippen molar-refractivity contribution in [3.05, 3.63) is 30.0 Å². The lowest BCUT2D eigenvalue weighted by molar-refractivity contribution is 1.06. The number of nitrogens with two attached hydrogens (primary N) is 1. The number of benzene rings is 1. The van der Waals surface area contributed by atoms with Gasteiger partial charge in [-0.25, -0.2) is 0 Å². The predicted octanol–water partition coefficient (Wildman–Crippen LogP) is 1.52. The second-order valence-electron chi connectivity index (χ2n) is 2.77. The fraction of sp³-hybridized carbons (Fsp3) is 0.111. The Labute approximate surface area is 70.2 Å². The monoisotopic (exact) mass is 159 g/mol. The van der Waals surface area contributed by atoms with Crippen LogP contribution in [0.25, 0.3) is 10.9 Å². The first-order valence-electron chi connectivity index (χ1n) is 3.75. The molecule has 3 nitrogen and oxygen atoms in total. The first-order chi connectivity index (χ1) is 5.79. The molecule has 0 amide bonds. The fourth-order valence-corrected chi connectivity index (χ4v) is 1.23. The highest BCUT2D eigenvalue weighted by molar-refractivity contribution is 5.90. The molecule has 0 saturated carbocycles. The molecule has 1 heterocycles. The molecule has 0 atom stereocenters. The summed E-state index contributed by atoms with van der Waals surface area (Å²) in [5.74, 6) is 0. The van der Waals surface area contributed by atoms with Gasteiger partial charge in [0.1, 0.15) is 5.52 Å². The molecule has 3 heteroatoms. The second kappa shape index (κ2) is 2.44. The molecule has 0 saturated heterocycles. The average molecular weight is 159 g/mol. The van der Waals surface area contributed by atoms with E-state index in [1.807, 2.05) is 25.1 Å². The summed E-state index contributed by atoms with van der Waals surface area (Å²) in [4.78, 5) is 0. The van der Waals surface area contributed by atoms with Gasteiger partial charge in [0, 0.05) is 5.39 Å². The summed E-state index contributed by atoms with van der Waals surface area (Å²) in [5.41, 5.74) is 8.30. The number of rotatable bonds is 0. The zero-order valence-corrected chi connectivity index (χ0v) is 6.78. The standard InChI is InChI=1S/C9H9N3/c1-6-5-11-12-9-7(6)3-2-4-8(9)10/h2-5H,10H2,1H3. The SMILES string of the molecule is Cc1cnnc2c(N)cccc12. The number of anilines is 1. The van der Waals surface area contributed by atoms with Crippen LogP contribution in [0.3, 0.4) is 0 Å². The molecular weight excluding hydrogens is 150 g/mol. The number of nitrogen functional groups attached to an aromatic ring is 1. The lowest BCUT2D eigenvalue weighted by Gasteiger charge is -2.00. The number of aromatic nitrogens is 2. The van der Waals surface area contributed by atoms with Gasteiger partial charge in [0.25, 0.3) is 0 Å². The highest BCUT2D eigenvalue weighted by Gasteiger charge is 2.00. The Morgan fingerprint density at radius 1 is 1.33 bits per heavy atom. The second-order valence-corrected chi connectivity index (χ2v) is 2.77. The Kier molecular flexibility index (Phi) is 1.43. The number of hydrogen-bond donors (Lipinski definition) is 1. The van der Waals surface area contributed by atoms with Crippen molar-refractivity contribution in [1.82, 2.24) is 10.2 Å². The van der Waals surface area contributed by atoms with Crippen molar-refractivity contribution in [2.45, 2.75) is 6.92 Å². The predicted molar refractivity (Wildman–Crippen MR) is 48.7 cm³/mol. The fourth-order valence-electron chi connectivity index (χ4n) is 1.23. The van der Waals surface area contributed by atoms with Crippen LogP contribution in [0, 0.1) is 6.92 Å². The summed E-state index contributed by atoms with van der Waals surface area (Å²) in [6.07, 6.45) is 1.74. The lowest BCUT2D eigenvalue weighted by atomic mass is 10.1. The molecule has 60 valence electrons. The maximum absolute atomic E-state index is 5.72. The van der Waals surface area contributed by atoms with Crippen molar-refractivity contribution in [3.63, 3.8) is 0 Å². The van der Waals surface area contributed by atoms with Gasteiger partial charge in [0.05, 0.1) is 11.9 Å². The van der Waals surface area contributed by atoms with Crippen LogP contribution in [0.15, 0.2) is 24.4 Å². The third-order valence-corrected chi connectivity index (χ3v) is 1.90. The van der Waals surface area contributed by atoms with E-state index >= 15 is 0 Å². The highest BCUT2D eigenvalue weighted by atomic mass is 15.1. The minimum Gasteiger partial charge on any atom is -0.397 e. The summed E-state index contributed by atoms with van der Waals surface area (Å²) >= 11 is 0. The van der Waals surface area contributed by atoms with Crippen LogP contribution in [0.4, 0.5) is 5.69 Å². The minimum absolute atomic E-state index is 0.684. The molecule has 0 aliphatic rings. The maximum atomic E-state index is 5.72. The van der Waals surface area contributed by atoms with E-state index in [0.29, 0.717) is 5.69 Å². The van der Waals surface area contributed by atoms with Gasteiger partial charge < -0.3 is 5.73 Å². The van der Waals surface area contributed by atoms with E-state index in [4.69, 9.17) is 5.73 Å². The quantitative estimate of drug-likeness (QED) is 0.593. The summed E-state index contributed by atoms with van der Waals surface area (Å²) in [6.45, 7) is 2.00. The average Bonchev–Trinajstić information content (AvgIpc) is 2.07. The normalized spacial score (nSPS) is 10.4. The van der Waals surface area contributed by atoms with Crippen molar-refractivity contribution >= 4 is 16.6 Å². The van der Waals surface area contributed by atoms with Crippen LogP contribution >= 0.6 is 0 Å². The molecule has 0 bridgehead atoms. The molecule has 0 spiro atoms. The highest BCUT2D eigenvalue weighted by Crippen LogP contribution is 2.19. The van der Waals surface area contributed by atoms with Crippen LogP contribution in [-0.4, -0.2) is 10.2 Å². The van der Waals surface area contributed by atoms with Gasteiger partial charge in [-0.2, -0.15) is 5.10 Å². The third-order valence-electron chi connectivity index (χ3n) is 1.90. The largest absolute Gasteiger partial charge is 0.397 e. The summed E-state index contributed by atoms with van der Waals surface area (Å²) in [7, 11) is 0. The zero-order valence-electron chi connectivity index (χ0n) is 6.78. The Morgan fingerprint density at radius 3 is 2.92 bits per heavy atom. The minimum atomic E-state index is 0.684. The van der Waals surface area contributed by atoms with Gasteiger partial charge in [-0.15, -0.1) is 5.10 Å². The van der Waals surface area contributed by atoms with Crippen molar-refractivity contribution < 1.29 is 0 Å². The van der Waals surface area contributed by atoms with E-state index in [1.54, 1.807) is 6.20 Å². The first-order valence-corrected chi connectivity index (χ1v) is 3.75. The van der Waals surface area contributed by atoms with Crippen LogP contribution in [0.2, 0.25) is 0 Å². The summed E-state index contributed by atoms with van der Waals surface area (Å²) < 4.78 is 0. The molecule has 0 unspecified atom stereocenters. The van der Waals surface area contributed by atoms with Crippen molar-refractivity contribution in [2.75, 3.05) is 5.73 Å². The molecular formula is C9H9N3. The number of nitrogens with zero attached hydrogens (tertiary/aromatic N) is 2. The Balaban J connectivity index is 2.94. The van der Waals surface area contributed by atoms with Gasteiger partial charge >= 0.3 is 0 Å². The molecule has 0 aliphatic heterocycles. The van der Waals surface area contributed by atoms with E-state index < -0.39 is 0 Å². The van der Waals surface area contributed by atoms with Crippen LogP contribution < -0.4 is 5.73 Å². The third kappa shape index (κ3) is 0.906. The van der Waals surface area contributed by atoms with Gasteiger partial charge in [-0.1, -0.05) is 12.1 Å². The van der Waals surface area contributed by atoms with E-state index in [2.05, 4.69) is 10.2 Å². The smallest absolute Gasteiger partial charge is 0.116 e. The van der Waals surface area contributed by atoms with Gasteiger partial charge in [0.2, 0.25) is 0 Å². The van der Waals surface area contributed by atoms with Crippen molar-refractivity contribution in [1.29, 1.82) is 0 Å². The van der Waals surface area contributed by atoms with Crippen LogP contribution in [0.5, 0.6) is 0 Å². The van der Waals surface area contributed by atoms with Gasteiger partial charge in [-0.05, 0) is 18.6 Å². The molecule has 1 aromatic heterocycles. The van der Waals surface area contributed by atoms with E-state index in [9.17, 15) is 0 Å². The van der Waals surface area contributed by atoms with E-state index in [0.717, 1.165) is 16.5 Å². The van der Waals surface area contributed by atoms with E-state index in [1.165, 1.54) is 0 Å². The Hall–Kier alpha value is -1.64. The first kappa shape index (κ1) is 7.03. The molecule has 12 heavy (non-hydrogen) atoms. The zero-order chi connectivity index (χ0) is 8.55. The maximum Gasteiger partial charge on any atom is 0.116 e. The molecule has 2 rings (SSSR count). The van der Waals surface area contributed by atoms with Crippen LogP contribution in [0.1, 0.15) is 5.56 Å². The number of hydrogen-bond acceptors (Lipinski definition) is 3. The molecule has 2 aromatic rings. The number of aryl methyl sites for hydroxylation is 1. The van der Waals surface area contributed by atoms with Crippen molar-refractivity contribution in [3.8, 4) is 0 Å². The van der Waals surface area contributed by atoms with E-state index in [-0.39, 0.29) is 0 Å². The van der Waals surface area contributed by atoms with Crippen molar-refractivity contribution in [2.24, 2.45) is 0 Å². The molecule has 0 fully saturated rings. The van der Waals surface area contributed by atoms with Gasteiger partial charge in [0.15, 0.2) is 0 Å². The molecule has 1 aromatic carbocycles. The lowest BCUT2D eigenvalue weighted by Crippen LogP contribution is -1.92. The molecule has 0 radical (unpaired) electrons. The van der Waals surface area contributed by atoms with Crippen LogP contribution in [-0.2, 0) is 0 Å². The Morgan fingerprint density at radius 2 is 2.17 bits per heavy atom. The number of fused-ring (bicyclic) bond motifs is 1.